The van der Waals surface area contributed by atoms with Crippen LogP contribution in [0.15, 0.2) is 24.4 Å². The van der Waals surface area contributed by atoms with Crippen LogP contribution in [-0.4, -0.2) is 79.1 Å². The molecule has 7 heteroatoms. The minimum absolute atomic E-state index is 0.0693. The molecule has 1 atom stereocenters. The van der Waals surface area contributed by atoms with Gasteiger partial charge in [0.05, 0.1) is 19.1 Å². The van der Waals surface area contributed by atoms with Crippen molar-refractivity contribution in [3.8, 4) is 0 Å². The van der Waals surface area contributed by atoms with Crippen LogP contribution >= 0.6 is 0 Å². The lowest BCUT2D eigenvalue weighted by atomic mass is 9.96. The van der Waals surface area contributed by atoms with Crippen molar-refractivity contribution in [3.63, 3.8) is 0 Å². The Morgan fingerprint density at radius 3 is 2.89 bits per heavy atom. The smallest absolute Gasteiger partial charge is 0.224 e. The molecule has 0 aliphatic carbocycles. The Morgan fingerprint density at radius 1 is 1.26 bits per heavy atom. The van der Waals surface area contributed by atoms with E-state index in [1.54, 1.807) is 6.20 Å². The first kappa shape index (κ1) is 19.8. The van der Waals surface area contributed by atoms with Gasteiger partial charge in [0.1, 0.15) is 0 Å². The number of carbonyl (C=O) groups is 2. The van der Waals surface area contributed by atoms with Crippen LogP contribution in [0.3, 0.4) is 0 Å². The minimum atomic E-state index is -0.0951. The van der Waals surface area contributed by atoms with Crippen molar-refractivity contribution in [1.82, 2.24) is 20.1 Å². The van der Waals surface area contributed by atoms with Crippen molar-refractivity contribution in [2.24, 2.45) is 5.92 Å². The molecule has 2 aliphatic rings. The molecule has 148 valence electrons. The molecule has 0 bridgehead atoms. The zero-order valence-electron chi connectivity index (χ0n) is 15.9. The van der Waals surface area contributed by atoms with Gasteiger partial charge in [0.15, 0.2) is 0 Å². The maximum Gasteiger partial charge on any atom is 0.224 e. The number of morpholine rings is 1. The molecule has 2 amide bonds. The number of ether oxygens (including phenoxy) is 1. The van der Waals surface area contributed by atoms with Gasteiger partial charge in [0, 0.05) is 57.6 Å². The Balaban J connectivity index is 1.37. The van der Waals surface area contributed by atoms with Gasteiger partial charge < -0.3 is 15.0 Å². The molecular weight excluding hydrogens is 344 g/mol. The van der Waals surface area contributed by atoms with E-state index in [2.05, 4.69) is 15.2 Å². The van der Waals surface area contributed by atoms with Crippen LogP contribution < -0.4 is 5.32 Å². The van der Waals surface area contributed by atoms with E-state index in [0.717, 1.165) is 51.4 Å². The van der Waals surface area contributed by atoms with Gasteiger partial charge in [0.25, 0.3) is 0 Å². The first-order valence-corrected chi connectivity index (χ1v) is 9.98. The van der Waals surface area contributed by atoms with Gasteiger partial charge in [-0.15, -0.1) is 0 Å². The van der Waals surface area contributed by atoms with E-state index in [9.17, 15) is 9.59 Å². The molecule has 3 rings (SSSR count). The fraction of sp³-hybridized carbons (Fsp3) is 0.650. The fourth-order valence-electron chi connectivity index (χ4n) is 3.60. The van der Waals surface area contributed by atoms with E-state index in [1.165, 1.54) is 0 Å². The Bertz CT molecular complexity index is 605. The minimum Gasteiger partial charge on any atom is -0.379 e. The number of piperidine rings is 1. The van der Waals surface area contributed by atoms with E-state index in [4.69, 9.17) is 4.74 Å². The summed E-state index contributed by atoms with van der Waals surface area (Å²) in [4.78, 5) is 33.1. The van der Waals surface area contributed by atoms with Crippen LogP contribution in [0.2, 0.25) is 0 Å². The standard InChI is InChI=1S/C20H30N4O3/c25-19-7-6-17(16-24(19)11-10-23-12-14-27-15-13-23)20(26)22-9-3-5-18-4-1-2-8-21-18/h1-2,4,8,17H,3,5-7,9-16H2,(H,22,26)/t17-/m1/s1. The summed E-state index contributed by atoms with van der Waals surface area (Å²) in [5.41, 5.74) is 1.05. The van der Waals surface area contributed by atoms with Crippen LogP contribution in [0.1, 0.15) is 25.0 Å². The molecule has 0 spiro atoms. The summed E-state index contributed by atoms with van der Waals surface area (Å²) in [6.45, 7) is 6.10. The predicted octanol–water partition coefficient (Wildman–Crippen LogP) is 0.701. The van der Waals surface area contributed by atoms with E-state index in [-0.39, 0.29) is 17.7 Å². The highest BCUT2D eigenvalue weighted by Crippen LogP contribution is 2.18. The zero-order chi connectivity index (χ0) is 18.9. The average molecular weight is 374 g/mol. The lowest BCUT2D eigenvalue weighted by molar-refractivity contribution is -0.138. The number of aryl methyl sites for hydroxylation is 1. The van der Waals surface area contributed by atoms with Gasteiger partial charge in [-0.2, -0.15) is 0 Å². The lowest BCUT2D eigenvalue weighted by Gasteiger charge is -2.34. The largest absolute Gasteiger partial charge is 0.379 e. The number of hydrogen-bond acceptors (Lipinski definition) is 5. The first-order chi connectivity index (χ1) is 13.2. The summed E-state index contributed by atoms with van der Waals surface area (Å²) >= 11 is 0. The van der Waals surface area contributed by atoms with Crippen LogP contribution in [-0.2, 0) is 20.7 Å². The molecule has 7 nitrogen and oxygen atoms in total. The molecule has 0 aromatic carbocycles. The van der Waals surface area contributed by atoms with E-state index >= 15 is 0 Å². The molecule has 1 N–H and O–H groups in total. The van der Waals surface area contributed by atoms with Gasteiger partial charge in [-0.05, 0) is 31.4 Å². The molecule has 1 aromatic heterocycles. The Morgan fingerprint density at radius 2 is 2.11 bits per heavy atom. The van der Waals surface area contributed by atoms with Crippen LogP contribution in [0.25, 0.3) is 0 Å². The number of likely N-dealkylation sites (tertiary alicyclic amines) is 1. The van der Waals surface area contributed by atoms with E-state index in [0.29, 0.717) is 32.5 Å². The van der Waals surface area contributed by atoms with Crippen molar-refractivity contribution in [1.29, 1.82) is 0 Å². The molecule has 0 saturated carbocycles. The number of amides is 2. The number of carbonyl (C=O) groups excluding carboxylic acids is 2. The molecule has 2 fully saturated rings. The van der Waals surface area contributed by atoms with Gasteiger partial charge in [-0.25, -0.2) is 0 Å². The zero-order valence-corrected chi connectivity index (χ0v) is 15.9. The van der Waals surface area contributed by atoms with Crippen LogP contribution in [0, 0.1) is 5.92 Å². The quantitative estimate of drug-likeness (QED) is 0.678. The van der Waals surface area contributed by atoms with Gasteiger partial charge >= 0.3 is 0 Å². The molecule has 0 radical (unpaired) electrons. The normalized spacial score (nSPS) is 21.3. The average Bonchev–Trinajstić information content (AvgIpc) is 2.72. The van der Waals surface area contributed by atoms with Crippen LogP contribution in [0.4, 0.5) is 0 Å². The number of nitrogens with one attached hydrogen (secondary N) is 1. The monoisotopic (exact) mass is 374 g/mol. The summed E-state index contributed by atoms with van der Waals surface area (Å²) in [6.07, 6.45) is 4.64. The Labute approximate surface area is 161 Å². The summed E-state index contributed by atoms with van der Waals surface area (Å²) in [6, 6.07) is 5.88. The lowest BCUT2D eigenvalue weighted by Crippen LogP contribution is -2.49. The third kappa shape index (κ3) is 6.29. The maximum absolute atomic E-state index is 12.5. The molecule has 0 unspecified atom stereocenters. The molecule has 2 aliphatic heterocycles. The number of rotatable bonds is 8. The maximum atomic E-state index is 12.5. The molecule has 27 heavy (non-hydrogen) atoms. The van der Waals surface area contributed by atoms with Gasteiger partial charge in [0.2, 0.25) is 11.8 Å². The van der Waals surface area contributed by atoms with Crippen molar-refractivity contribution >= 4 is 11.8 Å². The molecule has 3 heterocycles. The molecule has 2 saturated heterocycles. The highest BCUT2D eigenvalue weighted by Gasteiger charge is 2.30. The van der Waals surface area contributed by atoms with Crippen molar-refractivity contribution in [2.45, 2.75) is 25.7 Å². The Kier molecular flexibility index (Phi) is 7.59. The van der Waals surface area contributed by atoms with Crippen LogP contribution in [0.5, 0.6) is 0 Å². The first-order valence-electron chi connectivity index (χ1n) is 9.98. The van der Waals surface area contributed by atoms with E-state index < -0.39 is 0 Å². The second-order valence-electron chi connectivity index (χ2n) is 7.25. The van der Waals surface area contributed by atoms with Crippen molar-refractivity contribution < 1.29 is 14.3 Å². The highest BCUT2D eigenvalue weighted by atomic mass is 16.5. The fourth-order valence-corrected chi connectivity index (χ4v) is 3.60. The van der Waals surface area contributed by atoms with Crippen molar-refractivity contribution in [3.05, 3.63) is 30.1 Å². The third-order valence-electron chi connectivity index (χ3n) is 5.30. The third-order valence-corrected chi connectivity index (χ3v) is 5.30. The second-order valence-corrected chi connectivity index (χ2v) is 7.25. The number of pyridine rings is 1. The molecule has 1 aromatic rings. The summed E-state index contributed by atoms with van der Waals surface area (Å²) in [5.74, 6) is 0.143. The second kappa shape index (κ2) is 10.4. The summed E-state index contributed by atoms with van der Waals surface area (Å²) in [5, 5.41) is 3.03. The number of nitrogens with zero attached hydrogens (tertiary/aromatic N) is 3. The SMILES string of the molecule is O=C(NCCCc1ccccn1)[C@@H]1CCC(=O)N(CCN2CCOCC2)C1. The topological polar surface area (TPSA) is 74.8 Å². The number of hydrogen-bond donors (Lipinski definition) is 1. The summed E-state index contributed by atoms with van der Waals surface area (Å²) < 4.78 is 5.36. The highest BCUT2D eigenvalue weighted by molar-refractivity contribution is 5.83. The van der Waals surface area contributed by atoms with Crippen molar-refractivity contribution in [2.75, 3.05) is 52.5 Å². The molecular formula is C20H30N4O3. The summed E-state index contributed by atoms with van der Waals surface area (Å²) in [7, 11) is 0. The predicted molar refractivity (Wildman–Crippen MR) is 102 cm³/mol. The van der Waals surface area contributed by atoms with Gasteiger partial charge in [-0.1, -0.05) is 6.07 Å². The van der Waals surface area contributed by atoms with Gasteiger partial charge in [-0.3, -0.25) is 19.5 Å². The van der Waals surface area contributed by atoms with E-state index in [1.807, 2.05) is 23.1 Å². The number of aromatic nitrogens is 1. The Hall–Kier alpha value is -1.99.